The Morgan fingerprint density at radius 2 is 2.00 bits per heavy atom. The molecule has 0 atom stereocenters. The Bertz CT molecular complexity index is 111. The maximum Gasteiger partial charge on any atom is 0.322 e. The van der Waals surface area contributed by atoms with Crippen LogP contribution in [0.3, 0.4) is 0 Å². The molecule has 0 aromatic heterocycles. The van der Waals surface area contributed by atoms with E-state index in [-0.39, 0.29) is 0 Å². The highest BCUT2D eigenvalue weighted by Crippen LogP contribution is 1.58. The summed E-state index contributed by atoms with van der Waals surface area (Å²) in [6, 6.07) is -1.61. The number of nitrogens with two attached hydrogens (primary N) is 1. The number of imide groups is 1. The molecular weight excluding hydrogens is 110 g/mol. The van der Waals surface area contributed by atoms with Crippen molar-refractivity contribution in [3.63, 3.8) is 0 Å². The van der Waals surface area contributed by atoms with Gasteiger partial charge in [-0.2, -0.15) is 0 Å². The summed E-state index contributed by atoms with van der Waals surface area (Å²) in [4.78, 5) is 19.8. The Morgan fingerprint density at radius 1 is 1.50 bits per heavy atom. The molecule has 5 nitrogen and oxygen atoms in total. The number of primary amides is 1. The van der Waals surface area contributed by atoms with Gasteiger partial charge in [-0.3, -0.25) is 5.32 Å². The minimum atomic E-state index is -0.897. The lowest BCUT2D eigenvalue weighted by atomic mass is 10.9. The SMILES string of the molecule is [CH2]NC(=O)NC(N)=O. The van der Waals surface area contributed by atoms with Gasteiger partial charge in [-0.05, 0) is 0 Å². The monoisotopic (exact) mass is 116 g/mol. The van der Waals surface area contributed by atoms with E-state index in [2.05, 4.69) is 12.8 Å². The van der Waals surface area contributed by atoms with E-state index in [1.165, 1.54) is 0 Å². The van der Waals surface area contributed by atoms with Gasteiger partial charge in [0.05, 0.1) is 0 Å². The number of carbonyl (C=O) groups is 2. The van der Waals surface area contributed by atoms with Crippen LogP contribution < -0.4 is 16.4 Å². The van der Waals surface area contributed by atoms with Crippen molar-refractivity contribution >= 4 is 12.1 Å². The fraction of sp³-hybridized carbons (Fsp3) is 0. The van der Waals surface area contributed by atoms with Crippen LogP contribution in [0.5, 0.6) is 0 Å². The number of hydrogen-bond acceptors (Lipinski definition) is 2. The van der Waals surface area contributed by atoms with Crippen LogP contribution in [0, 0.1) is 7.05 Å². The molecule has 0 aromatic carbocycles. The third-order valence-electron chi connectivity index (χ3n) is 0.397. The molecule has 0 rings (SSSR count). The third kappa shape index (κ3) is 2.95. The first-order chi connectivity index (χ1) is 3.66. The number of urea groups is 2. The van der Waals surface area contributed by atoms with E-state index in [1.807, 2.05) is 5.32 Å². The van der Waals surface area contributed by atoms with E-state index in [0.29, 0.717) is 0 Å². The molecule has 5 heteroatoms. The van der Waals surface area contributed by atoms with Crippen molar-refractivity contribution in [2.45, 2.75) is 0 Å². The first kappa shape index (κ1) is 6.74. The minimum Gasteiger partial charge on any atom is -0.351 e. The first-order valence-corrected chi connectivity index (χ1v) is 1.80. The minimum absolute atomic E-state index is 0.711. The highest BCUT2D eigenvalue weighted by molar-refractivity contribution is 5.92. The van der Waals surface area contributed by atoms with Crippen LogP contribution in [0.2, 0.25) is 0 Å². The summed E-state index contributed by atoms with van der Waals surface area (Å²) >= 11 is 0. The summed E-state index contributed by atoms with van der Waals surface area (Å²) in [7, 11) is 2.97. The fourth-order valence-electron chi connectivity index (χ4n) is 0.156. The smallest absolute Gasteiger partial charge is 0.322 e. The van der Waals surface area contributed by atoms with Crippen molar-refractivity contribution in [3.8, 4) is 0 Å². The van der Waals surface area contributed by atoms with Gasteiger partial charge >= 0.3 is 12.1 Å². The Hall–Kier alpha value is -1.26. The Labute approximate surface area is 46.2 Å². The quantitative estimate of drug-likeness (QED) is 0.385. The summed E-state index contributed by atoms with van der Waals surface area (Å²) in [6.07, 6.45) is 0. The summed E-state index contributed by atoms with van der Waals surface area (Å²) in [6.45, 7) is 0. The van der Waals surface area contributed by atoms with Crippen molar-refractivity contribution in [2.24, 2.45) is 5.73 Å². The number of amides is 4. The van der Waals surface area contributed by atoms with Crippen molar-refractivity contribution < 1.29 is 9.59 Å². The second kappa shape index (κ2) is 2.84. The van der Waals surface area contributed by atoms with E-state index in [1.54, 1.807) is 5.32 Å². The van der Waals surface area contributed by atoms with E-state index >= 15 is 0 Å². The molecule has 0 aliphatic heterocycles. The zero-order chi connectivity index (χ0) is 6.57. The van der Waals surface area contributed by atoms with Gasteiger partial charge in [-0.25, -0.2) is 9.59 Å². The lowest BCUT2D eigenvalue weighted by Crippen LogP contribution is -2.39. The molecule has 0 saturated carbocycles. The zero-order valence-corrected chi connectivity index (χ0v) is 4.10. The molecule has 0 saturated heterocycles. The van der Waals surface area contributed by atoms with Crippen molar-refractivity contribution in [2.75, 3.05) is 0 Å². The van der Waals surface area contributed by atoms with Gasteiger partial charge in [0, 0.05) is 7.05 Å². The molecule has 0 unspecified atom stereocenters. The van der Waals surface area contributed by atoms with Crippen LogP contribution in [0.25, 0.3) is 0 Å². The lowest BCUT2D eigenvalue weighted by molar-refractivity contribution is 0.233. The molecule has 0 aliphatic carbocycles. The lowest BCUT2D eigenvalue weighted by Gasteiger charge is -1.94. The molecule has 0 bridgehead atoms. The molecule has 0 aromatic rings. The standard InChI is InChI=1S/C3H6N3O2/c1-5-3(8)6-2(4)7/h1H2,(H4,4,5,6,7,8). The topological polar surface area (TPSA) is 84.2 Å². The van der Waals surface area contributed by atoms with E-state index in [4.69, 9.17) is 0 Å². The third-order valence-corrected chi connectivity index (χ3v) is 0.397. The molecule has 8 heavy (non-hydrogen) atoms. The normalized spacial score (nSPS) is 7.62. The van der Waals surface area contributed by atoms with E-state index < -0.39 is 12.1 Å². The average Bonchev–Trinajstić information content (AvgIpc) is 1.65. The van der Waals surface area contributed by atoms with Gasteiger partial charge in [0.25, 0.3) is 0 Å². The van der Waals surface area contributed by atoms with Gasteiger partial charge < -0.3 is 11.1 Å². The molecule has 0 aliphatic rings. The van der Waals surface area contributed by atoms with Gasteiger partial charge in [0.1, 0.15) is 0 Å². The predicted octanol–water partition coefficient (Wildman–Crippen LogP) is -0.844. The Kier molecular flexibility index (Phi) is 2.39. The average molecular weight is 116 g/mol. The molecule has 45 valence electrons. The van der Waals surface area contributed by atoms with Gasteiger partial charge in [-0.1, -0.05) is 0 Å². The molecule has 0 heterocycles. The second-order valence-electron chi connectivity index (χ2n) is 0.995. The van der Waals surface area contributed by atoms with Crippen molar-refractivity contribution in [3.05, 3.63) is 7.05 Å². The summed E-state index contributed by atoms with van der Waals surface area (Å²) in [5, 5.41) is 3.61. The number of nitrogens with one attached hydrogen (secondary N) is 2. The highest BCUT2D eigenvalue weighted by Gasteiger charge is 1.96. The molecule has 0 spiro atoms. The van der Waals surface area contributed by atoms with Gasteiger partial charge in [0.15, 0.2) is 0 Å². The summed E-state index contributed by atoms with van der Waals surface area (Å²) in [5.74, 6) is 0. The first-order valence-electron chi connectivity index (χ1n) is 1.80. The van der Waals surface area contributed by atoms with Crippen molar-refractivity contribution in [1.29, 1.82) is 0 Å². The maximum atomic E-state index is 10.0. The van der Waals surface area contributed by atoms with Gasteiger partial charge in [-0.15, -0.1) is 0 Å². The molecule has 4 amide bonds. The maximum absolute atomic E-state index is 10.0. The number of hydrogen-bond donors (Lipinski definition) is 3. The molecular formula is C3H6N3O2. The number of carbonyl (C=O) groups excluding carboxylic acids is 2. The van der Waals surface area contributed by atoms with Crippen LogP contribution in [0.15, 0.2) is 0 Å². The number of rotatable bonds is 0. The van der Waals surface area contributed by atoms with Crippen LogP contribution >= 0.6 is 0 Å². The zero-order valence-electron chi connectivity index (χ0n) is 4.10. The highest BCUT2D eigenvalue weighted by atomic mass is 16.2. The fourth-order valence-corrected chi connectivity index (χ4v) is 0.156. The largest absolute Gasteiger partial charge is 0.351 e. The Balaban J connectivity index is 3.40. The van der Waals surface area contributed by atoms with E-state index in [9.17, 15) is 9.59 Å². The molecule has 0 fully saturated rings. The van der Waals surface area contributed by atoms with Crippen LogP contribution in [0.4, 0.5) is 9.59 Å². The van der Waals surface area contributed by atoms with Crippen LogP contribution in [-0.2, 0) is 0 Å². The Morgan fingerprint density at radius 3 is 2.12 bits per heavy atom. The summed E-state index contributed by atoms with van der Waals surface area (Å²) < 4.78 is 0. The van der Waals surface area contributed by atoms with E-state index in [0.717, 1.165) is 0 Å². The van der Waals surface area contributed by atoms with Gasteiger partial charge in [0.2, 0.25) is 0 Å². The molecule has 4 N–H and O–H groups in total. The molecule has 1 radical (unpaired) electrons. The van der Waals surface area contributed by atoms with Crippen molar-refractivity contribution in [1.82, 2.24) is 10.6 Å². The predicted molar refractivity (Wildman–Crippen MR) is 26.6 cm³/mol. The second-order valence-corrected chi connectivity index (χ2v) is 0.995. The van der Waals surface area contributed by atoms with Crippen LogP contribution in [-0.4, -0.2) is 12.1 Å². The van der Waals surface area contributed by atoms with Crippen LogP contribution in [0.1, 0.15) is 0 Å². The summed E-state index contributed by atoms with van der Waals surface area (Å²) in [5.41, 5.74) is 4.53.